The summed E-state index contributed by atoms with van der Waals surface area (Å²) in [5.74, 6) is 0.253. The van der Waals surface area contributed by atoms with Crippen molar-refractivity contribution in [3.05, 3.63) is 0 Å². The summed E-state index contributed by atoms with van der Waals surface area (Å²) in [6, 6.07) is 0. The molecule has 0 radical (unpaired) electrons. The largest absolute Gasteiger partial charge is 0.479 e. The minimum atomic E-state index is -0.909. The molecule has 0 amide bonds. The summed E-state index contributed by atoms with van der Waals surface area (Å²) < 4.78 is 16.6. The first kappa shape index (κ1) is 11.7. The molecule has 1 aliphatic rings. The molecule has 1 fully saturated rings. The SMILES string of the molecule is CCCS(=O)CC1CCC(C(=O)O)O1. The lowest BCUT2D eigenvalue weighted by molar-refractivity contribution is -0.148. The molecular weight excluding hydrogens is 204 g/mol. The maximum absolute atomic E-state index is 11.4. The van der Waals surface area contributed by atoms with Crippen LogP contribution in [0.15, 0.2) is 0 Å². The van der Waals surface area contributed by atoms with Crippen LogP contribution in [0.5, 0.6) is 0 Å². The number of aliphatic carboxylic acids is 1. The lowest BCUT2D eigenvalue weighted by atomic mass is 10.2. The molecular formula is C9H16O4S. The van der Waals surface area contributed by atoms with Crippen molar-refractivity contribution in [1.29, 1.82) is 0 Å². The summed E-state index contributed by atoms with van der Waals surface area (Å²) in [6.45, 7) is 1.98. The smallest absolute Gasteiger partial charge is 0.332 e. The van der Waals surface area contributed by atoms with Gasteiger partial charge in [0, 0.05) is 22.3 Å². The van der Waals surface area contributed by atoms with Crippen LogP contribution >= 0.6 is 0 Å². The second-order valence-electron chi connectivity index (χ2n) is 3.47. The molecule has 5 heteroatoms. The van der Waals surface area contributed by atoms with Crippen molar-refractivity contribution in [1.82, 2.24) is 0 Å². The molecule has 1 rings (SSSR count). The van der Waals surface area contributed by atoms with E-state index in [1.807, 2.05) is 6.92 Å². The topological polar surface area (TPSA) is 63.6 Å². The van der Waals surface area contributed by atoms with Gasteiger partial charge in [-0.2, -0.15) is 0 Å². The normalized spacial score (nSPS) is 28.9. The standard InChI is InChI=1S/C9H16O4S/c1-2-5-14(12)6-7-3-4-8(13-7)9(10)11/h7-8H,2-6H2,1H3,(H,10,11). The van der Waals surface area contributed by atoms with E-state index in [0.717, 1.165) is 6.42 Å². The number of hydrogen-bond acceptors (Lipinski definition) is 3. The zero-order valence-corrected chi connectivity index (χ0v) is 9.09. The van der Waals surface area contributed by atoms with Crippen molar-refractivity contribution in [2.24, 2.45) is 0 Å². The lowest BCUT2D eigenvalue weighted by Crippen LogP contribution is -2.23. The molecule has 1 heterocycles. The Morgan fingerprint density at radius 2 is 2.29 bits per heavy atom. The van der Waals surface area contributed by atoms with Crippen molar-refractivity contribution >= 4 is 16.8 Å². The monoisotopic (exact) mass is 220 g/mol. The fourth-order valence-corrected chi connectivity index (χ4v) is 2.81. The average molecular weight is 220 g/mol. The molecule has 3 atom stereocenters. The van der Waals surface area contributed by atoms with E-state index in [0.29, 0.717) is 24.3 Å². The average Bonchev–Trinajstić information content (AvgIpc) is 2.53. The van der Waals surface area contributed by atoms with Gasteiger partial charge in [0.05, 0.1) is 6.10 Å². The van der Waals surface area contributed by atoms with E-state index in [-0.39, 0.29) is 6.10 Å². The summed E-state index contributed by atoms with van der Waals surface area (Å²) in [6.07, 6.45) is 1.35. The number of carbonyl (C=O) groups is 1. The highest BCUT2D eigenvalue weighted by Crippen LogP contribution is 2.20. The predicted molar refractivity (Wildman–Crippen MR) is 53.7 cm³/mol. The molecule has 14 heavy (non-hydrogen) atoms. The number of ether oxygens (including phenoxy) is 1. The van der Waals surface area contributed by atoms with Gasteiger partial charge in [-0.25, -0.2) is 4.79 Å². The third-order valence-electron chi connectivity index (χ3n) is 2.19. The van der Waals surface area contributed by atoms with Crippen LogP contribution in [0.2, 0.25) is 0 Å². The first-order chi connectivity index (χ1) is 6.63. The van der Waals surface area contributed by atoms with Crippen LogP contribution in [0.25, 0.3) is 0 Å². The molecule has 0 aromatic rings. The zero-order valence-electron chi connectivity index (χ0n) is 8.27. The fourth-order valence-electron chi connectivity index (χ4n) is 1.53. The summed E-state index contributed by atoms with van der Waals surface area (Å²) in [5, 5.41) is 8.67. The van der Waals surface area contributed by atoms with Gasteiger partial charge in [-0.15, -0.1) is 0 Å². The van der Waals surface area contributed by atoms with Gasteiger partial charge in [0.25, 0.3) is 0 Å². The maximum atomic E-state index is 11.4. The van der Waals surface area contributed by atoms with Crippen molar-refractivity contribution in [2.75, 3.05) is 11.5 Å². The Kier molecular flexibility index (Phi) is 4.54. The van der Waals surface area contributed by atoms with E-state index in [2.05, 4.69) is 0 Å². The van der Waals surface area contributed by atoms with Crippen molar-refractivity contribution in [2.45, 2.75) is 38.4 Å². The van der Waals surface area contributed by atoms with Gasteiger partial charge in [-0.1, -0.05) is 6.92 Å². The van der Waals surface area contributed by atoms with Crippen LogP contribution in [-0.2, 0) is 20.3 Å². The quantitative estimate of drug-likeness (QED) is 0.743. The van der Waals surface area contributed by atoms with E-state index in [9.17, 15) is 9.00 Å². The van der Waals surface area contributed by atoms with E-state index < -0.39 is 22.9 Å². The molecule has 0 spiro atoms. The highest BCUT2D eigenvalue weighted by molar-refractivity contribution is 7.85. The van der Waals surface area contributed by atoms with Crippen LogP contribution < -0.4 is 0 Å². The Labute approximate surface area is 86.1 Å². The molecule has 0 aromatic heterocycles. The summed E-state index contributed by atoms with van der Waals surface area (Å²) in [7, 11) is -0.856. The van der Waals surface area contributed by atoms with Gasteiger partial charge in [0.15, 0.2) is 6.10 Å². The van der Waals surface area contributed by atoms with E-state index in [1.165, 1.54) is 0 Å². The highest BCUT2D eigenvalue weighted by Gasteiger charge is 2.31. The number of carboxylic acid groups (broad SMARTS) is 1. The van der Waals surface area contributed by atoms with Crippen LogP contribution in [0.1, 0.15) is 26.2 Å². The van der Waals surface area contributed by atoms with Crippen LogP contribution in [-0.4, -0.2) is 39.0 Å². The van der Waals surface area contributed by atoms with Crippen LogP contribution in [0.3, 0.4) is 0 Å². The summed E-state index contributed by atoms with van der Waals surface area (Å²) in [4.78, 5) is 10.6. The fraction of sp³-hybridized carbons (Fsp3) is 0.889. The molecule has 0 saturated carbocycles. The lowest BCUT2D eigenvalue weighted by Gasteiger charge is -2.10. The van der Waals surface area contributed by atoms with Gasteiger partial charge < -0.3 is 9.84 Å². The minimum absolute atomic E-state index is 0.122. The second-order valence-corrected chi connectivity index (χ2v) is 5.09. The number of rotatable bonds is 5. The zero-order chi connectivity index (χ0) is 10.6. The molecule has 3 unspecified atom stereocenters. The molecule has 0 aliphatic carbocycles. The highest BCUT2D eigenvalue weighted by atomic mass is 32.2. The Hall–Kier alpha value is -0.420. The molecule has 0 bridgehead atoms. The first-order valence-corrected chi connectivity index (χ1v) is 6.35. The second kappa shape index (κ2) is 5.46. The third kappa shape index (κ3) is 3.38. The van der Waals surface area contributed by atoms with E-state index in [1.54, 1.807) is 0 Å². The van der Waals surface area contributed by atoms with Gasteiger partial charge in [0.2, 0.25) is 0 Å². The van der Waals surface area contributed by atoms with Crippen LogP contribution in [0, 0.1) is 0 Å². The number of hydrogen-bond donors (Lipinski definition) is 1. The molecule has 82 valence electrons. The molecule has 1 saturated heterocycles. The van der Waals surface area contributed by atoms with Crippen molar-refractivity contribution in [3.63, 3.8) is 0 Å². The maximum Gasteiger partial charge on any atom is 0.332 e. The van der Waals surface area contributed by atoms with Crippen molar-refractivity contribution < 1.29 is 18.8 Å². The van der Waals surface area contributed by atoms with E-state index in [4.69, 9.17) is 9.84 Å². The Morgan fingerprint density at radius 1 is 1.57 bits per heavy atom. The minimum Gasteiger partial charge on any atom is -0.479 e. The molecule has 0 aromatic carbocycles. The Bertz CT molecular complexity index is 229. The van der Waals surface area contributed by atoms with Crippen molar-refractivity contribution in [3.8, 4) is 0 Å². The molecule has 4 nitrogen and oxygen atoms in total. The molecule has 1 aliphatic heterocycles. The Morgan fingerprint density at radius 3 is 2.79 bits per heavy atom. The predicted octanol–water partition coefficient (Wildman–Crippen LogP) is 0.777. The van der Waals surface area contributed by atoms with Gasteiger partial charge in [-0.3, -0.25) is 4.21 Å². The van der Waals surface area contributed by atoms with Gasteiger partial charge >= 0.3 is 5.97 Å². The van der Waals surface area contributed by atoms with E-state index >= 15 is 0 Å². The Balaban J connectivity index is 2.28. The summed E-state index contributed by atoms with van der Waals surface area (Å²) in [5.41, 5.74) is 0. The number of carboxylic acids is 1. The molecule has 1 N–H and O–H groups in total. The van der Waals surface area contributed by atoms with Crippen LogP contribution in [0.4, 0.5) is 0 Å². The van der Waals surface area contributed by atoms with Gasteiger partial charge in [-0.05, 0) is 19.3 Å². The third-order valence-corrected chi connectivity index (χ3v) is 3.79. The van der Waals surface area contributed by atoms with Gasteiger partial charge in [0.1, 0.15) is 0 Å². The summed E-state index contributed by atoms with van der Waals surface area (Å²) >= 11 is 0. The first-order valence-electron chi connectivity index (χ1n) is 4.86.